The van der Waals surface area contributed by atoms with Crippen LogP contribution in [0.3, 0.4) is 0 Å². The lowest BCUT2D eigenvalue weighted by Crippen LogP contribution is -2.38. The number of benzene rings is 1. The second-order valence-electron chi connectivity index (χ2n) is 5.41. The topological polar surface area (TPSA) is 38.8 Å². The molecule has 1 atom stereocenters. The molecule has 0 saturated carbocycles. The number of ether oxygens (including phenoxy) is 2. The van der Waals surface area contributed by atoms with Crippen molar-refractivity contribution < 1.29 is 14.3 Å². The fraction of sp³-hybridized carbons (Fsp3) is 0.562. The lowest BCUT2D eigenvalue weighted by atomic mass is 9.97. The third kappa shape index (κ3) is 3.51. The zero-order valence-corrected chi connectivity index (χ0v) is 12.5. The monoisotopic (exact) mass is 277 g/mol. The minimum Gasteiger partial charge on any atom is -0.496 e. The first-order valence-corrected chi connectivity index (χ1v) is 7.07. The second kappa shape index (κ2) is 6.75. The van der Waals surface area contributed by atoms with Gasteiger partial charge in [0.25, 0.3) is 0 Å². The van der Waals surface area contributed by atoms with Gasteiger partial charge in [-0.3, -0.25) is 9.69 Å². The van der Waals surface area contributed by atoms with Crippen molar-refractivity contribution in [1.82, 2.24) is 4.90 Å². The Morgan fingerprint density at radius 2 is 2.20 bits per heavy atom. The summed E-state index contributed by atoms with van der Waals surface area (Å²) in [7, 11) is 3.16. The van der Waals surface area contributed by atoms with Crippen LogP contribution in [0.2, 0.25) is 0 Å². The maximum absolute atomic E-state index is 11.7. The number of piperidine rings is 1. The van der Waals surface area contributed by atoms with Gasteiger partial charge < -0.3 is 9.47 Å². The molecule has 20 heavy (non-hydrogen) atoms. The number of carbonyl (C=O) groups is 1. The highest BCUT2D eigenvalue weighted by molar-refractivity contribution is 5.72. The minimum atomic E-state index is -0.0918. The van der Waals surface area contributed by atoms with E-state index in [0.29, 0.717) is 0 Å². The first-order chi connectivity index (χ1) is 9.63. The molecule has 110 valence electrons. The molecular formula is C16H23NO3. The van der Waals surface area contributed by atoms with Crippen molar-refractivity contribution in [3.8, 4) is 5.75 Å². The summed E-state index contributed by atoms with van der Waals surface area (Å²) in [6, 6.07) is 6.21. The Kier molecular flexibility index (Phi) is 5.01. The Balaban J connectivity index is 2.06. The molecule has 4 heteroatoms. The number of hydrogen-bond donors (Lipinski definition) is 0. The van der Waals surface area contributed by atoms with Crippen LogP contribution >= 0.6 is 0 Å². The van der Waals surface area contributed by atoms with E-state index in [1.807, 2.05) is 6.07 Å². The molecule has 0 bridgehead atoms. The molecule has 0 radical (unpaired) electrons. The molecule has 0 spiro atoms. The molecule has 0 amide bonds. The molecule has 1 aliphatic rings. The molecule has 1 aliphatic heterocycles. The molecule has 1 aromatic rings. The van der Waals surface area contributed by atoms with E-state index in [2.05, 4.69) is 24.0 Å². The van der Waals surface area contributed by atoms with Gasteiger partial charge in [0.1, 0.15) is 5.75 Å². The normalized spacial score (nSPS) is 19.6. The molecule has 0 aromatic heterocycles. The Labute approximate surface area is 120 Å². The third-order valence-electron chi connectivity index (χ3n) is 3.87. The quantitative estimate of drug-likeness (QED) is 0.792. The number of likely N-dealkylation sites (tertiary alicyclic amines) is 1. The van der Waals surface area contributed by atoms with E-state index in [4.69, 9.17) is 9.47 Å². The van der Waals surface area contributed by atoms with Crippen LogP contribution in [-0.2, 0) is 16.1 Å². The molecule has 1 unspecified atom stereocenters. The first-order valence-electron chi connectivity index (χ1n) is 7.07. The van der Waals surface area contributed by atoms with Gasteiger partial charge in [0.2, 0.25) is 0 Å². The van der Waals surface area contributed by atoms with Crippen molar-refractivity contribution in [2.45, 2.75) is 26.3 Å². The highest BCUT2D eigenvalue weighted by Gasteiger charge is 2.26. The van der Waals surface area contributed by atoms with Gasteiger partial charge in [0.05, 0.1) is 20.1 Å². The van der Waals surface area contributed by atoms with Crippen LogP contribution in [0.4, 0.5) is 0 Å². The smallest absolute Gasteiger partial charge is 0.309 e. The van der Waals surface area contributed by atoms with Crippen LogP contribution in [0.15, 0.2) is 18.2 Å². The van der Waals surface area contributed by atoms with E-state index in [-0.39, 0.29) is 11.9 Å². The summed E-state index contributed by atoms with van der Waals surface area (Å²) in [5.41, 5.74) is 2.40. The third-order valence-corrected chi connectivity index (χ3v) is 3.87. The number of nitrogens with zero attached hydrogens (tertiary/aromatic N) is 1. The lowest BCUT2D eigenvalue weighted by Gasteiger charge is -2.31. The van der Waals surface area contributed by atoms with Crippen LogP contribution < -0.4 is 4.74 Å². The number of esters is 1. The number of rotatable bonds is 4. The molecule has 4 nitrogen and oxygen atoms in total. The van der Waals surface area contributed by atoms with E-state index in [1.165, 1.54) is 18.2 Å². The van der Waals surface area contributed by atoms with Gasteiger partial charge in [-0.05, 0) is 32.4 Å². The summed E-state index contributed by atoms with van der Waals surface area (Å²) in [5, 5.41) is 0. The van der Waals surface area contributed by atoms with Crippen molar-refractivity contribution in [2.75, 3.05) is 27.3 Å². The SMILES string of the molecule is COC(=O)C1CCCN(Cc2cc(C)ccc2OC)C1. The van der Waals surface area contributed by atoms with Gasteiger partial charge >= 0.3 is 5.97 Å². The van der Waals surface area contributed by atoms with Gasteiger partial charge in [-0.2, -0.15) is 0 Å². The standard InChI is InChI=1S/C16H23NO3/c1-12-6-7-15(19-2)14(9-12)11-17-8-4-5-13(10-17)16(18)20-3/h6-7,9,13H,4-5,8,10-11H2,1-3H3. The van der Waals surface area contributed by atoms with Gasteiger partial charge in [0.15, 0.2) is 0 Å². The summed E-state index contributed by atoms with van der Waals surface area (Å²) < 4.78 is 10.3. The van der Waals surface area contributed by atoms with Crippen molar-refractivity contribution in [2.24, 2.45) is 5.92 Å². The fourth-order valence-electron chi connectivity index (χ4n) is 2.83. The fourth-order valence-corrected chi connectivity index (χ4v) is 2.83. The van der Waals surface area contributed by atoms with Gasteiger partial charge in [-0.1, -0.05) is 17.7 Å². The van der Waals surface area contributed by atoms with Crippen LogP contribution in [0.1, 0.15) is 24.0 Å². The Morgan fingerprint density at radius 1 is 1.40 bits per heavy atom. The summed E-state index contributed by atoms with van der Waals surface area (Å²) in [6.45, 7) is 4.68. The lowest BCUT2D eigenvalue weighted by molar-refractivity contribution is -0.147. The molecule has 1 saturated heterocycles. The van der Waals surface area contributed by atoms with E-state index >= 15 is 0 Å². The molecule has 2 rings (SSSR count). The Bertz CT molecular complexity index is 473. The molecule has 1 heterocycles. The predicted molar refractivity (Wildman–Crippen MR) is 77.7 cm³/mol. The van der Waals surface area contributed by atoms with Gasteiger partial charge in [0, 0.05) is 18.7 Å². The zero-order chi connectivity index (χ0) is 14.5. The van der Waals surface area contributed by atoms with E-state index < -0.39 is 0 Å². The summed E-state index contributed by atoms with van der Waals surface area (Å²) in [6.07, 6.45) is 1.96. The minimum absolute atomic E-state index is 0.00422. The van der Waals surface area contributed by atoms with Crippen LogP contribution in [-0.4, -0.2) is 38.2 Å². The molecule has 0 N–H and O–H groups in total. The summed E-state index contributed by atoms with van der Waals surface area (Å²) in [5.74, 6) is 0.825. The molecular weight excluding hydrogens is 254 g/mol. The first kappa shape index (κ1) is 14.9. The molecule has 0 aliphatic carbocycles. The van der Waals surface area contributed by atoms with Crippen molar-refractivity contribution >= 4 is 5.97 Å². The number of methoxy groups -OCH3 is 2. The van der Waals surface area contributed by atoms with Crippen LogP contribution in [0.5, 0.6) is 5.75 Å². The zero-order valence-electron chi connectivity index (χ0n) is 12.5. The Morgan fingerprint density at radius 3 is 2.90 bits per heavy atom. The average Bonchev–Trinajstić information content (AvgIpc) is 2.47. The molecule has 1 aromatic carbocycles. The van der Waals surface area contributed by atoms with Crippen molar-refractivity contribution in [3.05, 3.63) is 29.3 Å². The van der Waals surface area contributed by atoms with E-state index in [0.717, 1.165) is 38.2 Å². The van der Waals surface area contributed by atoms with Crippen LogP contribution in [0, 0.1) is 12.8 Å². The predicted octanol–water partition coefficient (Wildman–Crippen LogP) is 2.39. The largest absolute Gasteiger partial charge is 0.496 e. The summed E-state index contributed by atoms with van der Waals surface area (Å²) >= 11 is 0. The number of aryl methyl sites for hydroxylation is 1. The Hall–Kier alpha value is -1.55. The van der Waals surface area contributed by atoms with Gasteiger partial charge in [-0.25, -0.2) is 0 Å². The average molecular weight is 277 g/mol. The van der Waals surface area contributed by atoms with Gasteiger partial charge in [-0.15, -0.1) is 0 Å². The van der Waals surface area contributed by atoms with E-state index in [1.54, 1.807) is 7.11 Å². The summed E-state index contributed by atoms with van der Waals surface area (Å²) in [4.78, 5) is 14.0. The highest BCUT2D eigenvalue weighted by atomic mass is 16.5. The van der Waals surface area contributed by atoms with Crippen molar-refractivity contribution in [3.63, 3.8) is 0 Å². The number of carbonyl (C=O) groups excluding carboxylic acids is 1. The van der Waals surface area contributed by atoms with Crippen LogP contribution in [0.25, 0.3) is 0 Å². The number of hydrogen-bond acceptors (Lipinski definition) is 4. The maximum Gasteiger partial charge on any atom is 0.309 e. The van der Waals surface area contributed by atoms with E-state index in [9.17, 15) is 4.79 Å². The van der Waals surface area contributed by atoms with Crippen molar-refractivity contribution in [1.29, 1.82) is 0 Å². The molecule has 1 fully saturated rings. The second-order valence-corrected chi connectivity index (χ2v) is 5.41. The maximum atomic E-state index is 11.7. The highest BCUT2D eigenvalue weighted by Crippen LogP contribution is 2.25.